The van der Waals surface area contributed by atoms with Crippen molar-refractivity contribution in [1.29, 1.82) is 0 Å². The number of fused-ring (bicyclic) bond motifs is 2. The highest BCUT2D eigenvalue weighted by atomic mass is 16.5. The first-order valence-corrected chi connectivity index (χ1v) is 8.51. The zero-order valence-electron chi connectivity index (χ0n) is 14.1. The van der Waals surface area contributed by atoms with Gasteiger partial charge >= 0.3 is 0 Å². The molecular formula is C17H32N2O2. The molecule has 0 aromatic rings. The molecule has 21 heavy (non-hydrogen) atoms. The van der Waals surface area contributed by atoms with E-state index in [1.807, 2.05) is 6.92 Å². The summed E-state index contributed by atoms with van der Waals surface area (Å²) in [5, 5.41) is 6.56. The van der Waals surface area contributed by atoms with Crippen LogP contribution in [0.1, 0.15) is 53.4 Å². The minimum atomic E-state index is -0.0417. The van der Waals surface area contributed by atoms with Crippen molar-refractivity contribution in [3.05, 3.63) is 0 Å². The standard InChI is InChI=1S/C17H32N2O2/c1-5-21-10-6-9-18-12-15(20)19-17(4)14-8-7-13(11-14)16(17,2)3/h13-14,18H,5-12H2,1-4H3,(H,19,20)/t13-,14-,17-/m0/s1. The molecule has 2 bridgehead atoms. The Hall–Kier alpha value is -0.610. The van der Waals surface area contributed by atoms with Gasteiger partial charge in [-0.15, -0.1) is 0 Å². The van der Waals surface area contributed by atoms with E-state index < -0.39 is 0 Å². The average molecular weight is 296 g/mol. The molecule has 0 radical (unpaired) electrons. The summed E-state index contributed by atoms with van der Waals surface area (Å²) >= 11 is 0. The van der Waals surface area contributed by atoms with Crippen molar-refractivity contribution in [1.82, 2.24) is 10.6 Å². The molecule has 0 saturated heterocycles. The molecule has 0 heterocycles. The molecule has 2 N–H and O–H groups in total. The van der Waals surface area contributed by atoms with Gasteiger partial charge in [0.25, 0.3) is 0 Å². The van der Waals surface area contributed by atoms with Gasteiger partial charge in [0.1, 0.15) is 0 Å². The molecule has 122 valence electrons. The zero-order chi connectivity index (χ0) is 15.5. The van der Waals surface area contributed by atoms with Crippen molar-refractivity contribution in [3.8, 4) is 0 Å². The highest BCUT2D eigenvalue weighted by Crippen LogP contribution is 2.61. The predicted molar refractivity (Wildman–Crippen MR) is 85.1 cm³/mol. The van der Waals surface area contributed by atoms with E-state index in [0.717, 1.165) is 32.1 Å². The molecule has 0 aromatic carbocycles. The molecular weight excluding hydrogens is 264 g/mol. The van der Waals surface area contributed by atoms with Gasteiger partial charge in [-0.2, -0.15) is 0 Å². The maximum absolute atomic E-state index is 12.3. The van der Waals surface area contributed by atoms with Crippen LogP contribution in [0.25, 0.3) is 0 Å². The first kappa shape index (κ1) is 16.8. The van der Waals surface area contributed by atoms with Gasteiger partial charge in [-0.25, -0.2) is 0 Å². The summed E-state index contributed by atoms with van der Waals surface area (Å²) in [5.74, 6) is 1.56. The van der Waals surface area contributed by atoms with Gasteiger partial charge in [-0.05, 0) is 63.3 Å². The van der Waals surface area contributed by atoms with Crippen molar-refractivity contribution in [2.45, 2.75) is 58.9 Å². The number of ether oxygens (including phenoxy) is 1. The third kappa shape index (κ3) is 3.26. The molecule has 2 saturated carbocycles. The van der Waals surface area contributed by atoms with Crippen molar-refractivity contribution >= 4 is 5.91 Å². The van der Waals surface area contributed by atoms with E-state index in [1.165, 1.54) is 19.3 Å². The van der Waals surface area contributed by atoms with Gasteiger partial charge in [0, 0.05) is 18.8 Å². The number of nitrogens with one attached hydrogen (secondary N) is 2. The van der Waals surface area contributed by atoms with Crippen molar-refractivity contribution < 1.29 is 9.53 Å². The normalized spacial score (nSPS) is 33.3. The number of hydrogen-bond acceptors (Lipinski definition) is 3. The second-order valence-electron chi connectivity index (χ2n) is 7.41. The average Bonchev–Trinajstić information content (AvgIpc) is 2.97. The van der Waals surface area contributed by atoms with E-state index in [0.29, 0.717) is 12.5 Å². The largest absolute Gasteiger partial charge is 0.382 e. The summed E-state index contributed by atoms with van der Waals surface area (Å²) in [6.07, 6.45) is 4.84. The maximum Gasteiger partial charge on any atom is 0.234 e. The van der Waals surface area contributed by atoms with Crippen LogP contribution in [0.15, 0.2) is 0 Å². The molecule has 4 heteroatoms. The molecule has 1 amide bonds. The number of carbonyl (C=O) groups excluding carboxylic acids is 1. The van der Waals surface area contributed by atoms with Crippen LogP contribution in [0, 0.1) is 17.3 Å². The van der Waals surface area contributed by atoms with Gasteiger partial charge in [0.15, 0.2) is 0 Å². The Bertz CT molecular complexity index is 370. The maximum atomic E-state index is 12.3. The fraction of sp³-hybridized carbons (Fsp3) is 0.941. The Kier molecular flexibility index (Phi) is 5.31. The Balaban J connectivity index is 1.75. The molecule has 0 unspecified atom stereocenters. The van der Waals surface area contributed by atoms with E-state index in [9.17, 15) is 4.79 Å². The second kappa shape index (κ2) is 6.66. The third-order valence-corrected chi connectivity index (χ3v) is 6.14. The van der Waals surface area contributed by atoms with Crippen LogP contribution in [0.5, 0.6) is 0 Å². The molecule has 0 aliphatic heterocycles. The lowest BCUT2D eigenvalue weighted by Crippen LogP contribution is -2.60. The fourth-order valence-electron chi connectivity index (χ4n) is 4.35. The van der Waals surface area contributed by atoms with Crippen molar-refractivity contribution in [3.63, 3.8) is 0 Å². The van der Waals surface area contributed by atoms with Gasteiger partial charge in [0.05, 0.1) is 6.54 Å². The molecule has 2 aliphatic carbocycles. The van der Waals surface area contributed by atoms with Gasteiger partial charge in [0.2, 0.25) is 5.91 Å². The van der Waals surface area contributed by atoms with Crippen LogP contribution >= 0.6 is 0 Å². The minimum Gasteiger partial charge on any atom is -0.382 e. The topological polar surface area (TPSA) is 50.4 Å². The molecule has 2 fully saturated rings. The summed E-state index contributed by atoms with van der Waals surface area (Å²) in [4.78, 5) is 12.3. The molecule has 0 aromatic heterocycles. The molecule has 0 spiro atoms. The summed E-state index contributed by atoms with van der Waals surface area (Å²) in [6.45, 7) is 11.7. The Morgan fingerprint density at radius 1 is 1.24 bits per heavy atom. The molecule has 2 rings (SSSR count). The van der Waals surface area contributed by atoms with Crippen LogP contribution in [0.4, 0.5) is 0 Å². The monoisotopic (exact) mass is 296 g/mol. The first-order chi connectivity index (χ1) is 9.91. The van der Waals surface area contributed by atoms with Gasteiger partial charge in [-0.1, -0.05) is 13.8 Å². The lowest BCUT2D eigenvalue weighted by atomic mass is 9.64. The van der Waals surface area contributed by atoms with Crippen LogP contribution < -0.4 is 10.6 Å². The zero-order valence-corrected chi connectivity index (χ0v) is 14.1. The summed E-state index contributed by atoms with van der Waals surface area (Å²) < 4.78 is 5.28. The van der Waals surface area contributed by atoms with E-state index in [2.05, 4.69) is 31.4 Å². The summed E-state index contributed by atoms with van der Waals surface area (Å²) in [7, 11) is 0. The van der Waals surface area contributed by atoms with E-state index in [4.69, 9.17) is 4.74 Å². The SMILES string of the molecule is CCOCCCNCC(=O)N[C@@]1(C)[C@H]2CC[C@@H](C2)C1(C)C. The Labute approximate surface area is 129 Å². The van der Waals surface area contributed by atoms with Gasteiger partial charge < -0.3 is 15.4 Å². The van der Waals surface area contributed by atoms with Gasteiger partial charge in [-0.3, -0.25) is 4.79 Å². The smallest absolute Gasteiger partial charge is 0.234 e. The fourth-order valence-corrected chi connectivity index (χ4v) is 4.35. The Morgan fingerprint density at radius 3 is 2.57 bits per heavy atom. The van der Waals surface area contributed by atoms with Crippen LogP contribution in [0.3, 0.4) is 0 Å². The summed E-state index contributed by atoms with van der Waals surface area (Å²) in [6, 6.07) is 0. The lowest BCUT2D eigenvalue weighted by molar-refractivity contribution is -0.124. The number of amides is 1. The molecule has 2 aliphatic rings. The predicted octanol–water partition coefficient (Wildman–Crippen LogP) is 2.33. The van der Waals surface area contributed by atoms with Crippen LogP contribution in [-0.2, 0) is 9.53 Å². The van der Waals surface area contributed by atoms with Crippen molar-refractivity contribution in [2.24, 2.45) is 17.3 Å². The number of carbonyl (C=O) groups is 1. The number of hydrogen-bond donors (Lipinski definition) is 2. The van der Waals surface area contributed by atoms with Crippen LogP contribution in [-0.4, -0.2) is 37.7 Å². The number of rotatable bonds is 8. The van der Waals surface area contributed by atoms with E-state index in [-0.39, 0.29) is 16.9 Å². The Morgan fingerprint density at radius 2 is 1.95 bits per heavy atom. The highest BCUT2D eigenvalue weighted by Gasteiger charge is 2.60. The molecule has 4 nitrogen and oxygen atoms in total. The second-order valence-corrected chi connectivity index (χ2v) is 7.41. The van der Waals surface area contributed by atoms with E-state index >= 15 is 0 Å². The van der Waals surface area contributed by atoms with Crippen molar-refractivity contribution in [2.75, 3.05) is 26.3 Å². The van der Waals surface area contributed by atoms with Crippen LogP contribution in [0.2, 0.25) is 0 Å². The molecule has 3 atom stereocenters. The van der Waals surface area contributed by atoms with E-state index in [1.54, 1.807) is 0 Å². The first-order valence-electron chi connectivity index (χ1n) is 8.51. The summed E-state index contributed by atoms with van der Waals surface area (Å²) in [5.41, 5.74) is 0.167. The third-order valence-electron chi connectivity index (χ3n) is 6.14. The quantitative estimate of drug-likeness (QED) is 0.676. The minimum absolute atomic E-state index is 0.0417. The highest BCUT2D eigenvalue weighted by molar-refractivity contribution is 5.79. The lowest BCUT2D eigenvalue weighted by Gasteiger charge is -2.48.